The standard InChI is InChI=1S/C30H36N10O6S2/c1-15(36-28(43)45-3)22(41)30(8-6-9-35-30)27-34-12-18(39-27)21-14-33-25(48-21)24-32-13-20(47-24)17-11-31-23(38-17)19-7-5-10-40(19)26(42)16(2)37-29(44)46-4/h11-16,19,35H,5-10H2,1-4H3,(H,31,38)(H,34,39)(H,36,43)(H,37,44)/t15-,16-,19-,30+/m0/s1. The first-order valence-corrected chi connectivity index (χ1v) is 17.1. The fourth-order valence-corrected chi connectivity index (χ4v) is 7.89. The second kappa shape index (κ2) is 13.8. The molecule has 0 spiro atoms. The summed E-state index contributed by atoms with van der Waals surface area (Å²) in [5, 5.41) is 9.86. The summed E-state index contributed by atoms with van der Waals surface area (Å²) in [5.74, 6) is 0.755. The van der Waals surface area contributed by atoms with Crippen LogP contribution in [-0.4, -0.2) is 98.1 Å². The van der Waals surface area contributed by atoms with Crippen LogP contribution in [0, 0.1) is 0 Å². The zero-order valence-corrected chi connectivity index (χ0v) is 28.4. The summed E-state index contributed by atoms with van der Waals surface area (Å²) in [6.07, 6.45) is 8.50. The molecule has 2 aliphatic rings. The van der Waals surface area contributed by atoms with Gasteiger partial charge in [-0.2, -0.15) is 0 Å². The summed E-state index contributed by atoms with van der Waals surface area (Å²) in [6.45, 7) is 4.48. The van der Waals surface area contributed by atoms with Crippen molar-refractivity contribution in [2.45, 2.75) is 63.2 Å². The average Bonchev–Trinajstić information content (AvgIpc) is 3.93. The maximum Gasteiger partial charge on any atom is 0.407 e. The van der Waals surface area contributed by atoms with Gasteiger partial charge in [-0.1, -0.05) is 0 Å². The third-order valence-corrected chi connectivity index (χ3v) is 10.7. The van der Waals surface area contributed by atoms with Crippen LogP contribution in [0.3, 0.4) is 0 Å². The van der Waals surface area contributed by atoms with Gasteiger partial charge < -0.3 is 35.0 Å². The van der Waals surface area contributed by atoms with E-state index in [1.54, 1.807) is 43.5 Å². The molecule has 0 unspecified atom stereocenters. The number of Topliss-reactive ketones (excluding diaryl/α,β-unsaturated/α-hetero) is 1. The number of ether oxygens (including phenoxy) is 2. The van der Waals surface area contributed by atoms with Gasteiger partial charge in [0.1, 0.15) is 23.2 Å². The maximum atomic E-state index is 13.5. The Kier molecular flexibility index (Phi) is 9.56. The lowest BCUT2D eigenvalue weighted by Crippen LogP contribution is -2.54. The van der Waals surface area contributed by atoms with Crippen molar-refractivity contribution >= 4 is 46.6 Å². The normalized spacial score (nSPS) is 20.3. The van der Waals surface area contributed by atoms with Gasteiger partial charge >= 0.3 is 12.2 Å². The first-order chi connectivity index (χ1) is 23.1. The lowest BCUT2D eigenvalue weighted by molar-refractivity contribution is -0.134. The molecule has 4 atom stereocenters. The van der Waals surface area contributed by atoms with Gasteiger partial charge in [0, 0.05) is 18.9 Å². The molecule has 4 aromatic heterocycles. The Labute approximate surface area is 283 Å². The van der Waals surface area contributed by atoms with Crippen LogP contribution in [0.4, 0.5) is 9.59 Å². The first-order valence-electron chi connectivity index (χ1n) is 15.5. The molecule has 5 N–H and O–H groups in total. The first kappa shape index (κ1) is 33.2. The van der Waals surface area contributed by atoms with E-state index in [-0.39, 0.29) is 17.7 Å². The van der Waals surface area contributed by atoms with Crippen LogP contribution >= 0.6 is 22.7 Å². The monoisotopic (exact) mass is 696 g/mol. The number of alkyl carbamates (subject to hydrolysis) is 2. The number of likely N-dealkylation sites (tertiary alicyclic amines) is 1. The topological polar surface area (TPSA) is 209 Å². The number of H-pyrrole nitrogens is 2. The van der Waals surface area contributed by atoms with Crippen molar-refractivity contribution in [3.63, 3.8) is 0 Å². The van der Waals surface area contributed by atoms with Crippen LogP contribution < -0.4 is 16.0 Å². The van der Waals surface area contributed by atoms with Crippen LogP contribution in [0.15, 0.2) is 24.8 Å². The highest BCUT2D eigenvalue weighted by Gasteiger charge is 2.47. The number of carbonyl (C=O) groups is 4. The molecule has 2 saturated heterocycles. The van der Waals surface area contributed by atoms with Crippen molar-refractivity contribution in [3.05, 3.63) is 36.4 Å². The Morgan fingerprint density at radius 3 is 2.12 bits per heavy atom. The second-order valence-electron chi connectivity index (χ2n) is 11.6. The molecule has 18 heteroatoms. The van der Waals surface area contributed by atoms with E-state index < -0.39 is 29.8 Å². The number of imidazole rings is 2. The van der Waals surface area contributed by atoms with Gasteiger partial charge in [0.2, 0.25) is 5.91 Å². The van der Waals surface area contributed by atoms with Crippen molar-refractivity contribution in [3.8, 4) is 31.2 Å². The Bertz CT molecular complexity index is 1810. The largest absolute Gasteiger partial charge is 0.453 e. The zero-order chi connectivity index (χ0) is 34.0. The number of nitrogens with one attached hydrogen (secondary N) is 5. The van der Waals surface area contributed by atoms with E-state index in [1.165, 1.54) is 36.9 Å². The van der Waals surface area contributed by atoms with Crippen LogP contribution in [0.1, 0.15) is 57.2 Å². The van der Waals surface area contributed by atoms with Gasteiger partial charge in [-0.15, -0.1) is 22.7 Å². The molecule has 0 aromatic carbocycles. The summed E-state index contributed by atoms with van der Waals surface area (Å²) in [5.41, 5.74) is 0.434. The molecular weight excluding hydrogens is 661 g/mol. The number of ketones is 1. The number of hydrogen-bond donors (Lipinski definition) is 5. The van der Waals surface area contributed by atoms with Crippen molar-refractivity contribution in [2.24, 2.45) is 0 Å². The van der Waals surface area contributed by atoms with Crippen LogP contribution in [0.2, 0.25) is 0 Å². The molecule has 6 heterocycles. The third kappa shape index (κ3) is 6.42. The Balaban J connectivity index is 1.15. The van der Waals surface area contributed by atoms with Gasteiger partial charge in [-0.05, 0) is 46.1 Å². The molecule has 0 bridgehead atoms. The number of methoxy groups -OCH3 is 2. The second-order valence-corrected chi connectivity index (χ2v) is 13.7. The predicted molar refractivity (Wildman–Crippen MR) is 176 cm³/mol. The molecule has 2 aliphatic heterocycles. The van der Waals surface area contributed by atoms with Crippen LogP contribution in [0.5, 0.6) is 0 Å². The highest BCUT2D eigenvalue weighted by atomic mass is 32.1. The highest BCUT2D eigenvalue weighted by Crippen LogP contribution is 2.39. The molecule has 0 saturated carbocycles. The van der Waals surface area contributed by atoms with Crippen molar-refractivity contribution in [1.29, 1.82) is 0 Å². The minimum atomic E-state index is -1.06. The van der Waals surface area contributed by atoms with E-state index in [4.69, 9.17) is 0 Å². The third-order valence-electron chi connectivity index (χ3n) is 8.53. The van der Waals surface area contributed by atoms with Crippen molar-refractivity contribution < 1.29 is 28.7 Å². The van der Waals surface area contributed by atoms with Crippen molar-refractivity contribution in [1.82, 2.24) is 50.8 Å². The number of aromatic nitrogens is 6. The number of carbonyl (C=O) groups excluding carboxylic acids is 4. The van der Waals surface area contributed by atoms with Gasteiger partial charge in [0.25, 0.3) is 0 Å². The fraction of sp³-hybridized carbons (Fsp3) is 0.467. The summed E-state index contributed by atoms with van der Waals surface area (Å²) in [4.78, 5) is 78.4. The molecule has 3 amide bonds. The molecule has 0 radical (unpaired) electrons. The number of amides is 3. The molecular formula is C30H36N10O6S2. The lowest BCUT2D eigenvalue weighted by Gasteiger charge is -2.29. The molecule has 48 heavy (non-hydrogen) atoms. The van der Waals surface area contributed by atoms with Crippen molar-refractivity contribution in [2.75, 3.05) is 27.3 Å². The zero-order valence-electron chi connectivity index (χ0n) is 26.8. The quantitative estimate of drug-likeness (QED) is 0.162. The van der Waals surface area contributed by atoms with Gasteiger partial charge in [-0.25, -0.2) is 29.5 Å². The smallest absolute Gasteiger partial charge is 0.407 e. The van der Waals surface area contributed by atoms with Gasteiger partial charge in [0.15, 0.2) is 15.8 Å². The number of aromatic amines is 2. The summed E-state index contributed by atoms with van der Waals surface area (Å²) in [6, 6.07) is -1.74. The van der Waals surface area contributed by atoms with E-state index in [2.05, 4.69) is 55.3 Å². The molecule has 4 aromatic rings. The minimum absolute atomic E-state index is 0.198. The number of thiazole rings is 2. The van der Waals surface area contributed by atoms with E-state index in [0.29, 0.717) is 36.9 Å². The Morgan fingerprint density at radius 1 is 0.875 bits per heavy atom. The number of hydrogen-bond acceptors (Lipinski definition) is 13. The maximum absolute atomic E-state index is 13.5. The summed E-state index contributed by atoms with van der Waals surface area (Å²) < 4.78 is 9.29. The molecule has 2 fully saturated rings. The Morgan fingerprint density at radius 2 is 1.50 bits per heavy atom. The van der Waals surface area contributed by atoms with Crippen LogP contribution in [-0.2, 0) is 24.6 Å². The van der Waals surface area contributed by atoms with Gasteiger partial charge in [0.05, 0.1) is 59.8 Å². The molecule has 254 valence electrons. The fourth-order valence-electron chi connectivity index (χ4n) is 6.09. The van der Waals surface area contributed by atoms with E-state index in [1.807, 2.05) is 0 Å². The molecule has 0 aliphatic carbocycles. The average molecular weight is 697 g/mol. The Hall–Kier alpha value is -4.68. The number of nitrogens with zero attached hydrogens (tertiary/aromatic N) is 5. The predicted octanol–water partition coefficient (Wildman–Crippen LogP) is 3.35. The molecule has 16 nitrogen and oxygen atoms in total. The van der Waals surface area contributed by atoms with E-state index in [0.717, 1.165) is 44.7 Å². The summed E-state index contributed by atoms with van der Waals surface area (Å²) >= 11 is 2.91. The van der Waals surface area contributed by atoms with E-state index in [9.17, 15) is 19.2 Å². The number of rotatable bonds is 10. The van der Waals surface area contributed by atoms with Crippen LogP contribution in [0.25, 0.3) is 31.2 Å². The van der Waals surface area contributed by atoms with E-state index >= 15 is 0 Å². The SMILES string of the molecule is COC(=O)N[C@@H](C)C(=O)N1CCC[C@H]1c1ncc(-c2cnc(-c3ncc(-c4cnc([C@]5(C(=O)[C@H](C)NC(=O)OC)CCCN5)[nH]4)s3)s2)[nH]1. The van der Waals surface area contributed by atoms with Gasteiger partial charge in [-0.3, -0.25) is 14.9 Å². The summed E-state index contributed by atoms with van der Waals surface area (Å²) in [7, 11) is 2.51. The molecule has 6 rings (SSSR count). The minimum Gasteiger partial charge on any atom is -0.453 e. The lowest BCUT2D eigenvalue weighted by atomic mass is 9.87. The highest BCUT2D eigenvalue weighted by molar-refractivity contribution is 7.24.